The van der Waals surface area contributed by atoms with E-state index in [4.69, 9.17) is 4.74 Å². The van der Waals surface area contributed by atoms with Gasteiger partial charge in [0.2, 0.25) is 0 Å². The van der Waals surface area contributed by atoms with Gasteiger partial charge in [0.05, 0.1) is 5.52 Å². The Labute approximate surface area is 199 Å². The minimum absolute atomic E-state index is 0.542. The zero-order valence-corrected chi connectivity index (χ0v) is 19.6. The van der Waals surface area contributed by atoms with E-state index in [2.05, 4.69) is 43.8 Å². The number of rotatable bonds is 6. The molecule has 0 radical (unpaired) electrons. The van der Waals surface area contributed by atoms with Crippen LogP contribution in [0.25, 0.3) is 22.3 Å². The largest absolute Gasteiger partial charge is 0.489 e. The van der Waals surface area contributed by atoms with Crippen molar-refractivity contribution in [3.8, 4) is 17.1 Å². The van der Waals surface area contributed by atoms with Crippen molar-refractivity contribution < 1.29 is 4.74 Å². The van der Waals surface area contributed by atoms with Crippen LogP contribution in [0.15, 0.2) is 91.5 Å². The molecular formula is C27H28N6O. The zero-order valence-electron chi connectivity index (χ0n) is 19.6. The van der Waals surface area contributed by atoms with Crippen molar-refractivity contribution in [1.29, 1.82) is 0 Å². The quantitative estimate of drug-likeness (QED) is 0.369. The topological polar surface area (TPSA) is 76.9 Å². The normalized spacial score (nSPS) is 10.4. The predicted octanol–water partition coefficient (Wildman–Crippen LogP) is 5.19. The van der Waals surface area contributed by atoms with Gasteiger partial charge in [0.15, 0.2) is 0 Å². The molecule has 0 atom stereocenters. The third-order valence-electron chi connectivity index (χ3n) is 5.08. The molecule has 0 saturated heterocycles. The average molecular weight is 453 g/mol. The van der Waals surface area contributed by atoms with Crippen molar-refractivity contribution in [3.05, 3.63) is 97.1 Å². The SMILES string of the molecule is CNC.Cn1ccnc1-c1ccc2ncnc(Nc3ccc(OCc4ccccc4)cc3)c2c1. The van der Waals surface area contributed by atoms with Gasteiger partial charge in [-0.1, -0.05) is 30.3 Å². The Kier molecular flexibility index (Phi) is 7.47. The standard InChI is InChI=1S/C25H21N5O.C2H7N/c1-30-14-13-26-25(30)19-7-12-23-22(15-19)24(28-17-27-23)29-20-8-10-21(11-9-20)31-16-18-5-3-2-4-6-18;1-3-2/h2-15,17H,16H2,1H3,(H,27,28,29);3H,1-2H3. The Balaban J connectivity index is 0.000000868. The maximum Gasteiger partial charge on any atom is 0.141 e. The molecule has 34 heavy (non-hydrogen) atoms. The fraction of sp³-hybridized carbons (Fsp3) is 0.148. The van der Waals surface area contributed by atoms with Crippen molar-refractivity contribution >= 4 is 22.4 Å². The van der Waals surface area contributed by atoms with Crippen molar-refractivity contribution in [1.82, 2.24) is 24.8 Å². The molecule has 2 heterocycles. The van der Waals surface area contributed by atoms with Crippen LogP contribution in [-0.4, -0.2) is 33.6 Å². The molecule has 0 amide bonds. The molecule has 0 aliphatic carbocycles. The molecule has 0 fully saturated rings. The molecule has 0 bridgehead atoms. The summed E-state index contributed by atoms with van der Waals surface area (Å²) in [6, 6.07) is 24.1. The summed E-state index contributed by atoms with van der Waals surface area (Å²) in [5, 5.41) is 7.09. The Morgan fingerprint density at radius 2 is 1.65 bits per heavy atom. The molecule has 5 rings (SSSR count). The van der Waals surface area contributed by atoms with Gasteiger partial charge in [-0.05, 0) is 62.1 Å². The first kappa shape index (κ1) is 22.9. The van der Waals surface area contributed by atoms with E-state index in [1.54, 1.807) is 12.5 Å². The monoisotopic (exact) mass is 452 g/mol. The number of anilines is 2. The highest BCUT2D eigenvalue weighted by atomic mass is 16.5. The minimum atomic E-state index is 0.542. The van der Waals surface area contributed by atoms with Gasteiger partial charge >= 0.3 is 0 Å². The van der Waals surface area contributed by atoms with E-state index in [1.807, 2.05) is 86.5 Å². The molecule has 0 spiro atoms. The molecule has 172 valence electrons. The van der Waals surface area contributed by atoms with Gasteiger partial charge in [-0.25, -0.2) is 15.0 Å². The third-order valence-corrected chi connectivity index (χ3v) is 5.08. The van der Waals surface area contributed by atoms with Crippen LogP contribution in [0, 0.1) is 0 Å². The number of aromatic nitrogens is 4. The van der Waals surface area contributed by atoms with Gasteiger partial charge in [0, 0.05) is 36.1 Å². The molecule has 2 N–H and O–H groups in total. The maximum absolute atomic E-state index is 5.87. The second-order valence-electron chi connectivity index (χ2n) is 7.74. The Hall–Kier alpha value is -4.23. The lowest BCUT2D eigenvalue weighted by Gasteiger charge is -2.11. The van der Waals surface area contributed by atoms with Gasteiger partial charge < -0.3 is 19.9 Å². The summed E-state index contributed by atoms with van der Waals surface area (Å²) >= 11 is 0. The van der Waals surface area contributed by atoms with Crippen LogP contribution < -0.4 is 15.4 Å². The van der Waals surface area contributed by atoms with E-state index in [-0.39, 0.29) is 0 Å². The number of ether oxygens (including phenoxy) is 1. The fourth-order valence-electron chi connectivity index (χ4n) is 3.45. The van der Waals surface area contributed by atoms with Crippen molar-refractivity contribution in [2.24, 2.45) is 7.05 Å². The van der Waals surface area contributed by atoms with Gasteiger partial charge in [0.25, 0.3) is 0 Å². The number of hydrogen-bond donors (Lipinski definition) is 2. The van der Waals surface area contributed by atoms with Crippen LogP contribution in [0.2, 0.25) is 0 Å². The number of imidazole rings is 1. The number of aryl methyl sites for hydroxylation is 1. The summed E-state index contributed by atoms with van der Waals surface area (Å²) in [6.07, 6.45) is 5.30. The fourth-order valence-corrected chi connectivity index (χ4v) is 3.45. The molecule has 0 unspecified atom stereocenters. The van der Waals surface area contributed by atoms with Gasteiger partial charge in [-0.3, -0.25) is 0 Å². The highest BCUT2D eigenvalue weighted by Crippen LogP contribution is 2.28. The zero-order chi connectivity index (χ0) is 23.8. The Bertz CT molecular complexity index is 1330. The van der Waals surface area contributed by atoms with Crippen LogP contribution in [0.4, 0.5) is 11.5 Å². The number of fused-ring (bicyclic) bond motifs is 1. The highest BCUT2D eigenvalue weighted by molar-refractivity contribution is 5.93. The highest BCUT2D eigenvalue weighted by Gasteiger charge is 2.09. The average Bonchev–Trinajstić information content (AvgIpc) is 3.30. The molecule has 0 aliphatic rings. The van der Waals surface area contributed by atoms with Gasteiger partial charge in [-0.15, -0.1) is 0 Å². The first-order chi connectivity index (χ1) is 16.7. The number of hydrogen-bond acceptors (Lipinski definition) is 6. The van der Waals surface area contributed by atoms with E-state index < -0.39 is 0 Å². The molecule has 7 heteroatoms. The Morgan fingerprint density at radius 1 is 0.882 bits per heavy atom. The molecular weight excluding hydrogens is 424 g/mol. The molecule has 0 saturated carbocycles. The summed E-state index contributed by atoms with van der Waals surface area (Å²) in [6.45, 7) is 0.542. The lowest BCUT2D eigenvalue weighted by molar-refractivity contribution is 0.306. The first-order valence-corrected chi connectivity index (χ1v) is 11.0. The summed E-state index contributed by atoms with van der Waals surface area (Å²) < 4.78 is 7.87. The van der Waals surface area contributed by atoms with E-state index in [1.165, 1.54) is 0 Å². The van der Waals surface area contributed by atoms with Crippen LogP contribution in [0.1, 0.15) is 5.56 Å². The number of nitrogens with zero attached hydrogens (tertiary/aromatic N) is 4. The number of benzene rings is 3. The molecule has 3 aromatic carbocycles. The molecule has 0 aliphatic heterocycles. The van der Waals surface area contributed by atoms with Crippen molar-refractivity contribution in [2.75, 3.05) is 19.4 Å². The van der Waals surface area contributed by atoms with Gasteiger partial charge in [0.1, 0.15) is 30.3 Å². The van der Waals surface area contributed by atoms with E-state index in [0.717, 1.165) is 45.1 Å². The summed E-state index contributed by atoms with van der Waals surface area (Å²) in [5.74, 6) is 2.47. The van der Waals surface area contributed by atoms with Crippen LogP contribution in [-0.2, 0) is 13.7 Å². The van der Waals surface area contributed by atoms with Crippen LogP contribution in [0.5, 0.6) is 5.75 Å². The smallest absolute Gasteiger partial charge is 0.141 e. The Morgan fingerprint density at radius 3 is 2.35 bits per heavy atom. The molecule has 2 aromatic heterocycles. The number of nitrogens with one attached hydrogen (secondary N) is 2. The van der Waals surface area contributed by atoms with Crippen molar-refractivity contribution in [2.45, 2.75) is 6.61 Å². The van der Waals surface area contributed by atoms with Crippen LogP contribution in [0.3, 0.4) is 0 Å². The first-order valence-electron chi connectivity index (χ1n) is 11.0. The molecule has 5 aromatic rings. The minimum Gasteiger partial charge on any atom is -0.489 e. The predicted molar refractivity (Wildman–Crippen MR) is 137 cm³/mol. The lowest BCUT2D eigenvalue weighted by atomic mass is 10.1. The molecule has 7 nitrogen and oxygen atoms in total. The second kappa shape index (κ2) is 11.1. The van der Waals surface area contributed by atoms with E-state index >= 15 is 0 Å². The summed E-state index contributed by atoms with van der Waals surface area (Å²) in [4.78, 5) is 13.3. The van der Waals surface area contributed by atoms with Gasteiger partial charge in [-0.2, -0.15) is 0 Å². The maximum atomic E-state index is 5.87. The lowest BCUT2D eigenvalue weighted by Crippen LogP contribution is -1.98. The van der Waals surface area contributed by atoms with Crippen molar-refractivity contribution in [3.63, 3.8) is 0 Å². The second-order valence-corrected chi connectivity index (χ2v) is 7.74. The summed E-state index contributed by atoms with van der Waals surface area (Å²) in [5.41, 5.74) is 3.95. The summed E-state index contributed by atoms with van der Waals surface area (Å²) in [7, 11) is 5.73. The van der Waals surface area contributed by atoms with E-state index in [0.29, 0.717) is 6.61 Å². The van der Waals surface area contributed by atoms with E-state index in [9.17, 15) is 0 Å². The van der Waals surface area contributed by atoms with Crippen LogP contribution >= 0.6 is 0 Å². The third kappa shape index (κ3) is 5.57.